The van der Waals surface area contributed by atoms with Gasteiger partial charge in [0.2, 0.25) is 11.8 Å². The van der Waals surface area contributed by atoms with Crippen molar-refractivity contribution in [2.45, 2.75) is 6.92 Å². The van der Waals surface area contributed by atoms with Gasteiger partial charge in [0.15, 0.2) is 11.6 Å². The highest BCUT2D eigenvalue weighted by Gasteiger charge is 2.22. The second-order valence-corrected chi connectivity index (χ2v) is 5.20. The average Bonchev–Trinajstić information content (AvgIpc) is 2.54. The first-order valence-corrected chi connectivity index (χ1v) is 7.15. The molecule has 8 heteroatoms. The molecular weight excluding hydrogens is 308 g/mol. The molecule has 2 rings (SSSR count). The molecule has 0 aromatic heterocycles. The van der Waals surface area contributed by atoms with E-state index in [0.717, 1.165) is 18.2 Å². The van der Waals surface area contributed by atoms with E-state index in [2.05, 4.69) is 5.32 Å². The number of amides is 3. The van der Waals surface area contributed by atoms with E-state index in [1.165, 1.54) is 6.92 Å². The normalized spacial score (nSPS) is 14.6. The monoisotopic (exact) mass is 325 g/mol. The number of hydrogen-bond acceptors (Lipinski definition) is 3. The summed E-state index contributed by atoms with van der Waals surface area (Å²) in [6.07, 6.45) is 0. The van der Waals surface area contributed by atoms with E-state index >= 15 is 0 Å². The van der Waals surface area contributed by atoms with E-state index in [1.807, 2.05) is 0 Å². The summed E-state index contributed by atoms with van der Waals surface area (Å²) >= 11 is 0. The number of halogens is 2. The van der Waals surface area contributed by atoms with Gasteiger partial charge in [-0.1, -0.05) is 0 Å². The second-order valence-electron chi connectivity index (χ2n) is 5.20. The minimum atomic E-state index is -1.12. The van der Waals surface area contributed by atoms with Gasteiger partial charge >= 0.3 is 0 Å². The molecule has 1 aromatic rings. The van der Waals surface area contributed by atoms with E-state index in [9.17, 15) is 23.2 Å². The Bertz CT molecular complexity index is 628. The summed E-state index contributed by atoms with van der Waals surface area (Å²) < 4.78 is 25.9. The molecule has 6 nitrogen and oxygen atoms in total. The molecule has 1 aliphatic heterocycles. The Labute approximate surface area is 132 Å². The molecule has 1 fully saturated rings. The van der Waals surface area contributed by atoms with Crippen molar-refractivity contribution in [3.8, 4) is 0 Å². The van der Waals surface area contributed by atoms with E-state index in [4.69, 9.17) is 0 Å². The Balaban J connectivity index is 1.83. The van der Waals surface area contributed by atoms with Crippen LogP contribution in [-0.4, -0.2) is 60.2 Å². The lowest BCUT2D eigenvalue weighted by atomic mass is 10.2. The predicted octanol–water partition coefficient (Wildman–Crippen LogP) is 0.385. The molecule has 0 bridgehead atoms. The standard InChI is InChI=1S/C15H17F2N3O3/c1-10(21)19-4-6-20(7-5-19)14(22)9-18-15(23)11-2-3-12(16)13(17)8-11/h2-3,8H,4-7,9H2,1H3,(H,18,23). The molecule has 23 heavy (non-hydrogen) atoms. The molecule has 0 unspecified atom stereocenters. The van der Waals surface area contributed by atoms with Gasteiger partial charge in [-0.2, -0.15) is 0 Å². The molecule has 124 valence electrons. The predicted molar refractivity (Wildman–Crippen MR) is 77.5 cm³/mol. The second kappa shape index (κ2) is 7.17. The number of nitrogens with zero attached hydrogens (tertiary/aromatic N) is 2. The topological polar surface area (TPSA) is 69.7 Å². The highest BCUT2D eigenvalue weighted by atomic mass is 19.2. The number of benzene rings is 1. The molecule has 1 N–H and O–H groups in total. The molecule has 1 saturated heterocycles. The summed E-state index contributed by atoms with van der Waals surface area (Å²) in [6, 6.07) is 2.78. The van der Waals surface area contributed by atoms with Crippen LogP contribution in [0.4, 0.5) is 8.78 Å². The largest absolute Gasteiger partial charge is 0.343 e. The van der Waals surface area contributed by atoms with Crippen molar-refractivity contribution < 1.29 is 23.2 Å². The lowest BCUT2D eigenvalue weighted by Gasteiger charge is -2.34. The van der Waals surface area contributed by atoms with Gasteiger partial charge in [0.25, 0.3) is 5.91 Å². The quantitative estimate of drug-likeness (QED) is 0.874. The molecular formula is C15H17F2N3O3. The van der Waals surface area contributed by atoms with Crippen LogP contribution in [0.25, 0.3) is 0 Å². The molecule has 3 amide bonds. The molecule has 1 aliphatic rings. The maximum Gasteiger partial charge on any atom is 0.251 e. The third-order valence-electron chi connectivity index (χ3n) is 3.66. The maximum absolute atomic E-state index is 13.1. The zero-order valence-corrected chi connectivity index (χ0v) is 12.6. The fourth-order valence-electron chi connectivity index (χ4n) is 2.28. The third-order valence-corrected chi connectivity index (χ3v) is 3.66. The highest BCUT2D eigenvalue weighted by molar-refractivity contribution is 5.96. The number of nitrogens with one attached hydrogen (secondary N) is 1. The van der Waals surface area contributed by atoms with Gasteiger partial charge in [0, 0.05) is 38.7 Å². The van der Waals surface area contributed by atoms with Gasteiger partial charge in [0.05, 0.1) is 6.54 Å². The van der Waals surface area contributed by atoms with Crippen LogP contribution in [0.15, 0.2) is 18.2 Å². The Morgan fingerprint density at radius 3 is 2.22 bits per heavy atom. The van der Waals surface area contributed by atoms with E-state index in [1.54, 1.807) is 9.80 Å². The molecule has 1 heterocycles. The molecule has 0 atom stereocenters. The summed E-state index contributed by atoms with van der Waals surface area (Å²) in [5.41, 5.74) is -0.0573. The zero-order chi connectivity index (χ0) is 17.0. The SMILES string of the molecule is CC(=O)N1CCN(C(=O)CNC(=O)c2ccc(F)c(F)c2)CC1. The minimum Gasteiger partial charge on any atom is -0.343 e. The van der Waals surface area contributed by atoms with Gasteiger partial charge in [-0.25, -0.2) is 8.78 Å². The molecule has 0 radical (unpaired) electrons. The Kier molecular flexibility index (Phi) is 5.25. The van der Waals surface area contributed by atoms with Crippen molar-refractivity contribution in [2.75, 3.05) is 32.7 Å². The average molecular weight is 325 g/mol. The first kappa shape index (κ1) is 16.9. The summed E-state index contributed by atoms with van der Waals surface area (Å²) in [4.78, 5) is 38.2. The third kappa shape index (κ3) is 4.24. The Hall–Kier alpha value is -2.51. The van der Waals surface area contributed by atoms with Crippen molar-refractivity contribution in [3.05, 3.63) is 35.4 Å². The summed E-state index contributed by atoms with van der Waals surface area (Å²) in [5, 5.41) is 2.38. The maximum atomic E-state index is 13.1. The lowest BCUT2D eigenvalue weighted by molar-refractivity contribution is -0.137. The van der Waals surface area contributed by atoms with Crippen LogP contribution < -0.4 is 5.32 Å². The fourth-order valence-corrected chi connectivity index (χ4v) is 2.28. The molecule has 0 saturated carbocycles. The fraction of sp³-hybridized carbons (Fsp3) is 0.400. The smallest absolute Gasteiger partial charge is 0.251 e. The lowest BCUT2D eigenvalue weighted by Crippen LogP contribution is -2.52. The van der Waals surface area contributed by atoms with Gasteiger partial charge in [-0.3, -0.25) is 14.4 Å². The molecule has 0 aliphatic carbocycles. The number of hydrogen-bond donors (Lipinski definition) is 1. The van der Waals surface area contributed by atoms with E-state index < -0.39 is 17.5 Å². The van der Waals surface area contributed by atoms with Crippen molar-refractivity contribution in [3.63, 3.8) is 0 Å². The van der Waals surface area contributed by atoms with E-state index in [-0.39, 0.29) is 23.9 Å². The van der Waals surface area contributed by atoms with Crippen LogP contribution in [0.5, 0.6) is 0 Å². The van der Waals surface area contributed by atoms with Gasteiger partial charge < -0.3 is 15.1 Å². The minimum absolute atomic E-state index is 0.0382. The van der Waals surface area contributed by atoms with Crippen LogP contribution in [0.1, 0.15) is 17.3 Å². The highest BCUT2D eigenvalue weighted by Crippen LogP contribution is 2.08. The van der Waals surface area contributed by atoms with Crippen LogP contribution >= 0.6 is 0 Å². The van der Waals surface area contributed by atoms with Crippen molar-refractivity contribution >= 4 is 17.7 Å². The van der Waals surface area contributed by atoms with E-state index in [0.29, 0.717) is 26.2 Å². The van der Waals surface area contributed by atoms with Crippen LogP contribution in [0.3, 0.4) is 0 Å². The first-order chi connectivity index (χ1) is 10.9. The van der Waals surface area contributed by atoms with Crippen molar-refractivity contribution in [1.29, 1.82) is 0 Å². The number of piperazine rings is 1. The summed E-state index contributed by atoms with van der Waals surface area (Å²) in [6.45, 7) is 2.95. The number of rotatable bonds is 3. The molecule has 1 aromatic carbocycles. The van der Waals surface area contributed by atoms with Crippen molar-refractivity contribution in [1.82, 2.24) is 15.1 Å². The van der Waals surface area contributed by atoms with Crippen molar-refractivity contribution in [2.24, 2.45) is 0 Å². The summed E-state index contributed by atoms with van der Waals surface area (Å²) in [5.74, 6) is -3.14. The van der Waals surface area contributed by atoms with Crippen LogP contribution in [0, 0.1) is 11.6 Å². The molecule has 0 spiro atoms. The van der Waals surface area contributed by atoms with Crippen LogP contribution in [0.2, 0.25) is 0 Å². The summed E-state index contributed by atoms with van der Waals surface area (Å²) in [7, 11) is 0. The first-order valence-electron chi connectivity index (χ1n) is 7.15. The van der Waals surface area contributed by atoms with Gasteiger partial charge in [-0.05, 0) is 18.2 Å². The number of carbonyl (C=O) groups is 3. The number of carbonyl (C=O) groups excluding carboxylic acids is 3. The van der Waals surface area contributed by atoms with Gasteiger partial charge in [-0.15, -0.1) is 0 Å². The Morgan fingerprint density at radius 1 is 1.04 bits per heavy atom. The zero-order valence-electron chi connectivity index (χ0n) is 12.6. The Morgan fingerprint density at radius 2 is 1.65 bits per heavy atom. The van der Waals surface area contributed by atoms with Gasteiger partial charge in [0.1, 0.15) is 0 Å². The van der Waals surface area contributed by atoms with Crippen LogP contribution in [-0.2, 0) is 9.59 Å².